The molecule has 0 spiro atoms. The van der Waals surface area contributed by atoms with Crippen LogP contribution in [0.2, 0.25) is 0 Å². The highest BCUT2D eigenvalue weighted by Gasteiger charge is 2.26. The summed E-state index contributed by atoms with van der Waals surface area (Å²) in [6.07, 6.45) is 8.14. The van der Waals surface area contributed by atoms with Gasteiger partial charge in [-0.15, -0.1) is 0 Å². The molecule has 0 bridgehead atoms. The normalized spacial score (nSPS) is 14.7. The first-order chi connectivity index (χ1) is 17.8. The number of nitrogens with one attached hydrogen (secondary N) is 1. The summed E-state index contributed by atoms with van der Waals surface area (Å²) in [5, 5.41) is 12.6. The van der Waals surface area contributed by atoms with E-state index in [-0.39, 0.29) is 18.4 Å². The topological polar surface area (TPSA) is 78.9 Å². The van der Waals surface area contributed by atoms with E-state index in [1.165, 1.54) is 30.5 Å². The Morgan fingerprint density at radius 1 is 1.03 bits per heavy atom. The molecule has 0 aliphatic carbocycles. The number of anilines is 1. The molecule has 37 heavy (non-hydrogen) atoms. The second kappa shape index (κ2) is 14.1. The van der Waals surface area contributed by atoms with Crippen molar-refractivity contribution in [1.29, 1.82) is 0 Å². The summed E-state index contributed by atoms with van der Waals surface area (Å²) >= 11 is 0. The van der Waals surface area contributed by atoms with Gasteiger partial charge in [0.25, 0.3) is 0 Å². The van der Waals surface area contributed by atoms with Crippen LogP contribution in [0.15, 0.2) is 48.5 Å². The van der Waals surface area contributed by atoms with E-state index >= 15 is 0 Å². The molecule has 2 N–H and O–H groups in total. The van der Waals surface area contributed by atoms with Crippen LogP contribution in [0.5, 0.6) is 5.75 Å². The van der Waals surface area contributed by atoms with Crippen LogP contribution in [0.25, 0.3) is 0 Å². The second-order valence-corrected chi connectivity index (χ2v) is 10.8. The largest absolute Gasteiger partial charge is 0.493 e. The van der Waals surface area contributed by atoms with E-state index < -0.39 is 11.4 Å². The number of piperidine rings is 1. The molecule has 2 aromatic rings. The molecule has 2 aromatic carbocycles. The van der Waals surface area contributed by atoms with E-state index in [9.17, 15) is 14.7 Å². The molecule has 0 aromatic heterocycles. The van der Waals surface area contributed by atoms with Gasteiger partial charge in [-0.05, 0) is 70.1 Å². The number of carbonyl (C=O) groups excluding carboxylic acids is 1. The minimum Gasteiger partial charge on any atom is -0.493 e. The van der Waals surface area contributed by atoms with Crippen LogP contribution in [0.4, 0.5) is 5.69 Å². The van der Waals surface area contributed by atoms with Crippen molar-refractivity contribution in [1.82, 2.24) is 5.32 Å². The summed E-state index contributed by atoms with van der Waals surface area (Å²) in [5.74, 6) is -0.133. The molecule has 1 aliphatic heterocycles. The van der Waals surface area contributed by atoms with Crippen LogP contribution >= 0.6 is 0 Å². The van der Waals surface area contributed by atoms with Crippen LogP contribution < -0.4 is 15.0 Å². The third-order valence-corrected chi connectivity index (χ3v) is 7.30. The zero-order valence-electron chi connectivity index (χ0n) is 22.8. The van der Waals surface area contributed by atoms with Crippen LogP contribution in [-0.4, -0.2) is 36.7 Å². The van der Waals surface area contributed by atoms with Crippen molar-refractivity contribution in [3.8, 4) is 5.75 Å². The van der Waals surface area contributed by atoms with Gasteiger partial charge >= 0.3 is 5.97 Å². The summed E-state index contributed by atoms with van der Waals surface area (Å²) in [6, 6.07) is 16.1. The van der Waals surface area contributed by atoms with Crippen molar-refractivity contribution in [3.63, 3.8) is 0 Å². The van der Waals surface area contributed by atoms with Gasteiger partial charge in [0.1, 0.15) is 5.75 Å². The second-order valence-electron chi connectivity index (χ2n) is 10.8. The molecule has 6 nitrogen and oxygen atoms in total. The number of ether oxygens (including phenoxy) is 1. The van der Waals surface area contributed by atoms with Gasteiger partial charge in [0, 0.05) is 24.3 Å². The van der Waals surface area contributed by atoms with Gasteiger partial charge in [-0.2, -0.15) is 0 Å². The lowest BCUT2D eigenvalue weighted by Crippen LogP contribution is -2.34. The van der Waals surface area contributed by atoms with E-state index in [0.717, 1.165) is 37.9 Å². The zero-order chi connectivity index (χ0) is 26.7. The highest BCUT2D eigenvalue weighted by Crippen LogP contribution is 2.32. The van der Waals surface area contributed by atoms with Crippen molar-refractivity contribution in [2.75, 3.05) is 24.6 Å². The van der Waals surface area contributed by atoms with Gasteiger partial charge in [0.05, 0.1) is 24.5 Å². The lowest BCUT2D eigenvalue weighted by Gasteiger charge is -2.33. The van der Waals surface area contributed by atoms with Gasteiger partial charge in [0.2, 0.25) is 5.91 Å². The van der Waals surface area contributed by atoms with Gasteiger partial charge in [-0.1, -0.05) is 56.2 Å². The van der Waals surface area contributed by atoms with Crippen LogP contribution in [0.1, 0.15) is 89.3 Å². The van der Waals surface area contributed by atoms with E-state index in [4.69, 9.17) is 4.74 Å². The average molecular weight is 509 g/mol. The molecule has 0 radical (unpaired) electrons. The molecule has 1 heterocycles. The van der Waals surface area contributed by atoms with E-state index in [1.807, 2.05) is 24.3 Å². The SMILES string of the molecule is CCCCC(NC(=O)Cc1ccccc1OCCCC(C)(C)C(=O)O)c1ccccc1N1CCCCC1. The minimum absolute atomic E-state index is 0.0161. The molecule has 1 atom stereocenters. The maximum absolute atomic E-state index is 13.3. The average Bonchev–Trinajstić information content (AvgIpc) is 2.90. The molecule has 1 aliphatic rings. The molecule has 3 rings (SSSR count). The number of carboxylic acid groups (broad SMARTS) is 1. The fourth-order valence-electron chi connectivity index (χ4n) is 4.93. The summed E-state index contributed by atoms with van der Waals surface area (Å²) in [7, 11) is 0. The number of carbonyl (C=O) groups is 2. The number of rotatable bonds is 14. The first-order valence-corrected chi connectivity index (χ1v) is 13.9. The third-order valence-electron chi connectivity index (χ3n) is 7.30. The first kappa shape index (κ1) is 28.5. The molecule has 202 valence electrons. The Hall–Kier alpha value is -3.02. The summed E-state index contributed by atoms with van der Waals surface area (Å²) in [5.41, 5.74) is 2.52. The maximum Gasteiger partial charge on any atom is 0.309 e. The van der Waals surface area contributed by atoms with E-state index in [2.05, 4.69) is 41.4 Å². The Kier molecular flexibility index (Phi) is 10.8. The highest BCUT2D eigenvalue weighted by atomic mass is 16.5. The predicted molar refractivity (Wildman–Crippen MR) is 149 cm³/mol. The molecular formula is C31H44N2O4. The summed E-state index contributed by atoms with van der Waals surface area (Å²) < 4.78 is 5.99. The fourth-order valence-corrected chi connectivity index (χ4v) is 4.93. The molecule has 1 unspecified atom stereocenters. The van der Waals surface area contributed by atoms with Crippen molar-refractivity contribution in [3.05, 3.63) is 59.7 Å². The number of hydrogen-bond acceptors (Lipinski definition) is 4. The Labute approximate surface area is 222 Å². The number of aliphatic carboxylic acids is 1. The Morgan fingerprint density at radius 2 is 1.73 bits per heavy atom. The Bertz CT molecular complexity index is 1010. The van der Waals surface area contributed by atoms with Gasteiger partial charge < -0.3 is 20.1 Å². The van der Waals surface area contributed by atoms with Crippen molar-refractivity contribution < 1.29 is 19.4 Å². The zero-order valence-corrected chi connectivity index (χ0v) is 22.8. The van der Waals surface area contributed by atoms with Crippen LogP contribution in [0.3, 0.4) is 0 Å². The standard InChI is InChI=1S/C31H44N2O4/c1-4-5-16-26(25-15-8-9-17-27(25)33-20-11-6-12-21-33)32-29(34)23-24-14-7-10-18-28(24)37-22-13-19-31(2,3)30(35)36/h7-10,14-15,17-18,26H,4-6,11-13,16,19-23H2,1-3H3,(H,32,34)(H,35,36). The molecule has 1 fully saturated rings. The van der Waals surface area contributed by atoms with E-state index in [1.54, 1.807) is 13.8 Å². The van der Waals surface area contributed by atoms with Gasteiger partial charge in [-0.3, -0.25) is 9.59 Å². The number of carboxylic acids is 1. The summed E-state index contributed by atoms with van der Waals surface area (Å²) in [4.78, 5) is 27.1. The lowest BCUT2D eigenvalue weighted by molar-refractivity contribution is -0.147. The van der Waals surface area contributed by atoms with Crippen LogP contribution in [0, 0.1) is 5.41 Å². The molecule has 0 saturated carbocycles. The van der Waals surface area contributed by atoms with Gasteiger partial charge in [-0.25, -0.2) is 0 Å². The fraction of sp³-hybridized carbons (Fsp3) is 0.548. The quantitative estimate of drug-likeness (QED) is 0.283. The Balaban J connectivity index is 1.66. The van der Waals surface area contributed by atoms with Gasteiger partial charge in [0.15, 0.2) is 0 Å². The van der Waals surface area contributed by atoms with E-state index in [0.29, 0.717) is 25.2 Å². The number of amides is 1. The number of hydrogen-bond donors (Lipinski definition) is 2. The van der Waals surface area contributed by atoms with Crippen LogP contribution in [-0.2, 0) is 16.0 Å². The van der Waals surface area contributed by atoms with Crippen molar-refractivity contribution in [2.24, 2.45) is 5.41 Å². The first-order valence-electron chi connectivity index (χ1n) is 13.9. The van der Waals surface area contributed by atoms with Crippen molar-refractivity contribution in [2.45, 2.75) is 84.6 Å². The smallest absolute Gasteiger partial charge is 0.309 e. The highest BCUT2D eigenvalue weighted by molar-refractivity contribution is 5.80. The lowest BCUT2D eigenvalue weighted by atomic mass is 9.88. The summed E-state index contributed by atoms with van der Waals surface area (Å²) in [6.45, 7) is 8.19. The van der Waals surface area contributed by atoms with Crippen molar-refractivity contribution >= 4 is 17.6 Å². The maximum atomic E-state index is 13.3. The number of para-hydroxylation sites is 2. The molecule has 6 heteroatoms. The molecule has 1 saturated heterocycles. The number of nitrogens with zero attached hydrogens (tertiary/aromatic N) is 1. The predicted octanol–water partition coefficient (Wildman–Crippen LogP) is 6.54. The number of unbranched alkanes of at least 4 members (excludes halogenated alkanes) is 1. The minimum atomic E-state index is -0.802. The Morgan fingerprint density at radius 3 is 2.46 bits per heavy atom. The number of benzene rings is 2. The molecule has 1 amide bonds. The third kappa shape index (κ3) is 8.51. The molecular weight excluding hydrogens is 464 g/mol. The monoisotopic (exact) mass is 508 g/mol.